The fraction of sp³-hybridized carbons (Fsp3) is 0.258. The Labute approximate surface area is 213 Å². The molecule has 0 aliphatic carbocycles. The molecule has 0 fully saturated rings. The van der Waals surface area contributed by atoms with Crippen molar-refractivity contribution in [2.45, 2.75) is 51.7 Å². The van der Waals surface area contributed by atoms with E-state index in [1.807, 2.05) is 0 Å². The molecule has 4 rings (SSSR count). The van der Waals surface area contributed by atoms with Crippen molar-refractivity contribution in [1.82, 2.24) is 0 Å². The van der Waals surface area contributed by atoms with Gasteiger partial charge in [0.15, 0.2) is 0 Å². The van der Waals surface area contributed by atoms with Gasteiger partial charge in [-0.1, -0.05) is 135 Å². The molecule has 1 heterocycles. The smallest absolute Gasteiger partial charge is 0.0776 e. The number of nitrogens with zero attached hydrogens (tertiary/aromatic N) is 2. The SMILES string of the molecule is C[Si](C)(C)c1ccc(C=CC2CC(C=Cc3cccc([Si](C)(C)C)c3)=NN2c2ccccc2)cc1. The Bertz CT molecular complexity index is 1230. The lowest BCUT2D eigenvalue weighted by molar-refractivity contribution is 0.791. The van der Waals surface area contributed by atoms with Crippen LogP contribution >= 0.6 is 0 Å². The van der Waals surface area contributed by atoms with E-state index < -0.39 is 16.1 Å². The second-order valence-corrected chi connectivity index (χ2v) is 21.6. The molecule has 0 N–H and O–H groups in total. The van der Waals surface area contributed by atoms with Crippen molar-refractivity contribution < 1.29 is 0 Å². The third kappa shape index (κ3) is 6.59. The molecule has 1 atom stereocenters. The highest BCUT2D eigenvalue weighted by Crippen LogP contribution is 2.26. The molecule has 1 aliphatic heterocycles. The summed E-state index contributed by atoms with van der Waals surface area (Å²) in [7, 11) is -2.60. The normalized spacial score (nSPS) is 16.9. The molecule has 1 aliphatic rings. The number of hydrazone groups is 1. The Morgan fingerprint density at radius 2 is 1.37 bits per heavy atom. The number of hydrogen-bond acceptors (Lipinski definition) is 2. The molecule has 0 saturated heterocycles. The summed E-state index contributed by atoms with van der Waals surface area (Å²) in [6.45, 7) is 14.4. The van der Waals surface area contributed by atoms with Gasteiger partial charge < -0.3 is 0 Å². The molecular formula is C31H38N2Si2. The molecule has 4 heteroatoms. The Kier molecular flexibility index (Phi) is 7.43. The summed E-state index contributed by atoms with van der Waals surface area (Å²) in [5.41, 5.74) is 4.73. The minimum Gasteiger partial charge on any atom is -0.258 e. The minimum atomic E-state index is -1.33. The molecule has 35 heavy (non-hydrogen) atoms. The highest BCUT2D eigenvalue weighted by Gasteiger charge is 2.24. The van der Waals surface area contributed by atoms with Crippen LogP contribution < -0.4 is 15.4 Å². The van der Waals surface area contributed by atoms with E-state index in [-0.39, 0.29) is 6.04 Å². The number of allylic oxidation sites excluding steroid dienone is 1. The van der Waals surface area contributed by atoms with Crippen molar-refractivity contribution in [2.75, 3.05) is 5.01 Å². The van der Waals surface area contributed by atoms with Crippen LogP contribution in [-0.2, 0) is 0 Å². The van der Waals surface area contributed by atoms with Crippen LogP contribution in [-0.4, -0.2) is 27.9 Å². The first-order valence-electron chi connectivity index (χ1n) is 12.6. The molecule has 0 radical (unpaired) electrons. The fourth-order valence-electron chi connectivity index (χ4n) is 4.25. The zero-order valence-electron chi connectivity index (χ0n) is 22.0. The quantitative estimate of drug-likeness (QED) is 0.319. The summed E-state index contributed by atoms with van der Waals surface area (Å²) >= 11 is 0. The molecule has 0 aromatic heterocycles. The van der Waals surface area contributed by atoms with Crippen LogP contribution in [0, 0.1) is 0 Å². The van der Waals surface area contributed by atoms with Gasteiger partial charge in [-0.3, -0.25) is 5.01 Å². The van der Waals surface area contributed by atoms with Gasteiger partial charge in [0, 0.05) is 6.42 Å². The van der Waals surface area contributed by atoms with E-state index in [2.05, 4.69) is 147 Å². The summed E-state index contributed by atoms with van der Waals surface area (Å²) in [6.07, 6.45) is 9.84. The predicted molar refractivity (Wildman–Crippen MR) is 162 cm³/mol. The molecular weight excluding hydrogens is 457 g/mol. The molecule has 1 unspecified atom stereocenters. The van der Waals surface area contributed by atoms with E-state index in [0.717, 1.165) is 17.8 Å². The molecule has 0 saturated carbocycles. The van der Waals surface area contributed by atoms with Gasteiger partial charge >= 0.3 is 0 Å². The number of hydrogen-bond donors (Lipinski definition) is 0. The molecule has 0 spiro atoms. The maximum Gasteiger partial charge on any atom is 0.0776 e. The molecule has 180 valence electrons. The van der Waals surface area contributed by atoms with Gasteiger partial charge in [0.05, 0.1) is 33.6 Å². The lowest BCUT2D eigenvalue weighted by Crippen LogP contribution is -2.37. The number of benzene rings is 3. The van der Waals surface area contributed by atoms with Gasteiger partial charge in [-0.05, 0) is 29.3 Å². The average molecular weight is 495 g/mol. The first-order chi connectivity index (χ1) is 16.6. The Hall–Kier alpha value is -2.96. The summed E-state index contributed by atoms with van der Waals surface area (Å²) in [4.78, 5) is 0. The van der Waals surface area contributed by atoms with Crippen LogP contribution in [0.5, 0.6) is 0 Å². The molecule has 2 nitrogen and oxygen atoms in total. The van der Waals surface area contributed by atoms with Gasteiger partial charge in [-0.25, -0.2) is 0 Å². The molecule has 0 amide bonds. The van der Waals surface area contributed by atoms with Crippen molar-refractivity contribution >= 4 is 50.1 Å². The Morgan fingerprint density at radius 3 is 2.03 bits per heavy atom. The van der Waals surface area contributed by atoms with Crippen molar-refractivity contribution in [2.24, 2.45) is 5.10 Å². The van der Waals surface area contributed by atoms with E-state index in [4.69, 9.17) is 5.10 Å². The summed E-state index contributed by atoms with van der Waals surface area (Å²) in [5.74, 6) is 0. The van der Waals surface area contributed by atoms with Crippen molar-refractivity contribution in [3.05, 3.63) is 102 Å². The molecule has 3 aromatic carbocycles. The Balaban J connectivity index is 1.55. The average Bonchev–Trinajstić information content (AvgIpc) is 3.24. The summed E-state index contributed by atoms with van der Waals surface area (Å²) in [6, 6.07) is 28.8. The van der Waals surface area contributed by atoms with Crippen LogP contribution in [0.25, 0.3) is 12.2 Å². The number of para-hydroxylation sites is 1. The van der Waals surface area contributed by atoms with E-state index >= 15 is 0 Å². The van der Waals surface area contributed by atoms with E-state index in [0.29, 0.717) is 0 Å². The summed E-state index contributed by atoms with van der Waals surface area (Å²) in [5, 5.41) is 10.2. The standard InChI is InChI=1S/C31H38N2Si2/c1-34(2,3)30-21-17-25(18-22-30)16-20-29-24-27(32-33(29)28-12-8-7-9-13-28)19-15-26-11-10-14-31(23-26)35(4,5)6/h7-23,29H,24H2,1-6H3. The first-order valence-corrected chi connectivity index (χ1v) is 19.6. The van der Waals surface area contributed by atoms with E-state index in [1.165, 1.54) is 21.5 Å². The van der Waals surface area contributed by atoms with Gasteiger partial charge in [0.25, 0.3) is 0 Å². The zero-order chi connectivity index (χ0) is 25.1. The van der Waals surface area contributed by atoms with Gasteiger partial charge in [0.2, 0.25) is 0 Å². The van der Waals surface area contributed by atoms with E-state index in [1.54, 1.807) is 0 Å². The second kappa shape index (κ2) is 10.3. The predicted octanol–water partition coefficient (Wildman–Crippen LogP) is 7.14. The van der Waals surface area contributed by atoms with Gasteiger partial charge in [0.1, 0.15) is 0 Å². The monoisotopic (exact) mass is 494 g/mol. The van der Waals surface area contributed by atoms with Crippen molar-refractivity contribution in [3.63, 3.8) is 0 Å². The highest BCUT2D eigenvalue weighted by molar-refractivity contribution is 6.89. The van der Waals surface area contributed by atoms with Crippen LogP contribution in [0.4, 0.5) is 5.69 Å². The van der Waals surface area contributed by atoms with Gasteiger partial charge in [-0.15, -0.1) is 0 Å². The van der Waals surface area contributed by atoms with Gasteiger partial charge in [-0.2, -0.15) is 5.10 Å². The third-order valence-corrected chi connectivity index (χ3v) is 10.6. The fourth-order valence-corrected chi connectivity index (χ4v) is 6.62. The largest absolute Gasteiger partial charge is 0.258 e. The first kappa shape index (κ1) is 25.1. The van der Waals surface area contributed by atoms with Crippen molar-refractivity contribution in [3.8, 4) is 0 Å². The number of rotatable bonds is 7. The topological polar surface area (TPSA) is 15.6 Å². The van der Waals surface area contributed by atoms with Crippen LogP contribution in [0.3, 0.4) is 0 Å². The Morgan fingerprint density at radius 1 is 0.686 bits per heavy atom. The highest BCUT2D eigenvalue weighted by atomic mass is 28.3. The van der Waals surface area contributed by atoms with Crippen LogP contribution in [0.15, 0.2) is 96.1 Å². The maximum atomic E-state index is 5.01. The number of anilines is 1. The zero-order valence-corrected chi connectivity index (χ0v) is 24.0. The molecule has 0 bridgehead atoms. The van der Waals surface area contributed by atoms with Crippen molar-refractivity contribution in [1.29, 1.82) is 0 Å². The second-order valence-electron chi connectivity index (χ2n) is 11.5. The third-order valence-electron chi connectivity index (χ3n) is 6.50. The minimum absolute atomic E-state index is 0.196. The molecule has 3 aromatic rings. The lowest BCUT2D eigenvalue weighted by Gasteiger charge is -2.21. The van der Waals surface area contributed by atoms with Crippen LogP contribution in [0.2, 0.25) is 39.3 Å². The van der Waals surface area contributed by atoms with Crippen LogP contribution in [0.1, 0.15) is 17.5 Å². The maximum absolute atomic E-state index is 5.01. The lowest BCUT2D eigenvalue weighted by atomic mass is 10.1. The van der Waals surface area contributed by atoms with E-state index in [9.17, 15) is 0 Å². The summed E-state index contributed by atoms with van der Waals surface area (Å²) < 4.78 is 0.